The molecule has 1 aromatic rings. The minimum absolute atomic E-state index is 0.170. The van der Waals surface area contributed by atoms with Crippen LogP contribution in [0.2, 0.25) is 0 Å². The van der Waals surface area contributed by atoms with E-state index < -0.39 is 15.9 Å². The lowest BCUT2D eigenvalue weighted by Gasteiger charge is -2.17. The molecule has 1 saturated heterocycles. The van der Waals surface area contributed by atoms with Crippen LogP contribution in [0.15, 0.2) is 27.6 Å². The molecule has 1 aliphatic heterocycles. The predicted octanol–water partition coefficient (Wildman–Crippen LogP) is 1.25. The van der Waals surface area contributed by atoms with E-state index in [1.54, 1.807) is 25.1 Å². The number of carbonyl (C=O) groups is 1. The Morgan fingerprint density at radius 1 is 1.47 bits per heavy atom. The van der Waals surface area contributed by atoms with Crippen LogP contribution in [0.4, 0.5) is 0 Å². The molecule has 1 aliphatic rings. The Kier molecular flexibility index (Phi) is 3.98. The smallest absolute Gasteiger partial charge is 0.243 e. The quantitative estimate of drug-likeness (QED) is 0.894. The lowest BCUT2D eigenvalue weighted by atomic mass is 10.1. The molecule has 0 saturated carbocycles. The third kappa shape index (κ3) is 2.82. The van der Waals surface area contributed by atoms with E-state index in [0.29, 0.717) is 23.0 Å². The zero-order valence-corrected chi connectivity index (χ0v) is 12.9. The first-order valence-corrected chi connectivity index (χ1v) is 8.11. The van der Waals surface area contributed by atoms with Crippen LogP contribution in [0.1, 0.15) is 12.0 Å². The van der Waals surface area contributed by atoms with E-state index in [2.05, 4.69) is 15.9 Å². The molecule has 19 heavy (non-hydrogen) atoms. The monoisotopic (exact) mass is 346 g/mol. The number of nitrogens with two attached hydrogens (primary N) is 1. The number of nitrogens with zero attached hydrogens (tertiary/aromatic N) is 1. The number of hydrogen-bond donors (Lipinski definition) is 1. The summed E-state index contributed by atoms with van der Waals surface area (Å²) < 4.78 is 27.1. The highest BCUT2D eigenvalue weighted by atomic mass is 79.9. The lowest BCUT2D eigenvalue weighted by Crippen LogP contribution is -2.32. The fraction of sp³-hybridized carbons (Fsp3) is 0.417. The van der Waals surface area contributed by atoms with Gasteiger partial charge in [0.15, 0.2) is 0 Å². The van der Waals surface area contributed by atoms with Gasteiger partial charge in [-0.1, -0.05) is 22.0 Å². The standard InChI is InChI=1S/C12H15BrN2O3S/c1-8-2-3-10(13)6-11(8)19(17,18)15-5-4-9(7-15)12(14)16/h2-3,6,9H,4-5,7H2,1H3,(H2,14,16). The Balaban J connectivity index is 2.33. The van der Waals surface area contributed by atoms with Gasteiger partial charge in [-0.15, -0.1) is 0 Å². The highest BCUT2D eigenvalue weighted by molar-refractivity contribution is 9.10. The first kappa shape index (κ1) is 14.5. The molecular formula is C12H15BrN2O3S. The normalized spacial score (nSPS) is 20.6. The van der Waals surface area contributed by atoms with Gasteiger partial charge in [0.1, 0.15) is 0 Å². The van der Waals surface area contributed by atoms with Crippen molar-refractivity contribution in [3.63, 3.8) is 0 Å². The Labute approximate surface area is 121 Å². The molecular weight excluding hydrogens is 332 g/mol. The van der Waals surface area contributed by atoms with Gasteiger partial charge in [-0.2, -0.15) is 4.31 Å². The van der Waals surface area contributed by atoms with Crippen molar-refractivity contribution in [3.05, 3.63) is 28.2 Å². The average Bonchev–Trinajstić information content (AvgIpc) is 2.82. The van der Waals surface area contributed by atoms with Crippen molar-refractivity contribution in [2.75, 3.05) is 13.1 Å². The maximum atomic E-state index is 12.5. The van der Waals surface area contributed by atoms with Crippen LogP contribution >= 0.6 is 15.9 Å². The molecule has 1 heterocycles. The van der Waals surface area contributed by atoms with Crippen LogP contribution in [-0.2, 0) is 14.8 Å². The molecule has 7 heteroatoms. The zero-order valence-electron chi connectivity index (χ0n) is 10.5. The Hall–Kier alpha value is -0.920. The first-order valence-electron chi connectivity index (χ1n) is 5.88. The number of carbonyl (C=O) groups excluding carboxylic acids is 1. The fourth-order valence-electron chi connectivity index (χ4n) is 2.17. The molecule has 1 atom stereocenters. The zero-order chi connectivity index (χ0) is 14.2. The number of sulfonamides is 1. The average molecular weight is 347 g/mol. The van der Waals surface area contributed by atoms with E-state index in [9.17, 15) is 13.2 Å². The summed E-state index contributed by atoms with van der Waals surface area (Å²) >= 11 is 3.28. The van der Waals surface area contributed by atoms with E-state index in [4.69, 9.17) is 5.73 Å². The van der Waals surface area contributed by atoms with E-state index in [1.807, 2.05) is 0 Å². The number of rotatable bonds is 3. The maximum Gasteiger partial charge on any atom is 0.243 e. The molecule has 1 unspecified atom stereocenters. The summed E-state index contributed by atoms with van der Waals surface area (Å²) in [6.07, 6.45) is 0.488. The van der Waals surface area contributed by atoms with Crippen LogP contribution in [0, 0.1) is 12.8 Å². The number of amides is 1. The minimum Gasteiger partial charge on any atom is -0.369 e. The molecule has 1 aromatic carbocycles. The van der Waals surface area contributed by atoms with Gasteiger partial charge >= 0.3 is 0 Å². The van der Waals surface area contributed by atoms with Gasteiger partial charge in [-0.25, -0.2) is 8.42 Å². The third-order valence-corrected chi connectivity index (χ3v) is 5.82. The Morgan fingerprint density at radius 2 is 2.16 bits per heavy atom. The second-order valence-electron chi connectivity index (χ2n) is 4.66. The van der Waals surface area contributed by atoms with Crippen LogP contribution in [0.25, 0.3) is 0 Å². The Bertz CT molecular complexity index is 615. The van der Waals surface area contributed by atoms with Crippen molar-refractivity contribution < 1.29 is 13.2 Å². The first-order chi connectivity index (χ1) is 8.82. The second kappa shape index (κ2) is 5.22. The van der Waals surface area contributed by atoms with Crippen LogP contribution in [0.3, 0.4) is 0 Å². The summed E-state index contributed by atoms with van der Waals surface area (Å²) in [5, 5.41) is 0. The molecule has 5 nitrogen and oxygen atoms in total. The molecule has 0 aliphatic carbocycles. The van der Waals surface area contributed by atoms with Gasteiger partial charge in [-0.3, -0.25) is 4.79 Å². The highest BCUT2D eigenvalue weighted by Crippen LogP contribution is 2.28. The largest absolute Gasteiger partial charge is 0.369 e. The van der Waals surface area contributed by atoms with E-state index in [-0.39, 0.29) is 17.4 Å². The predicted molar refractivity (Wildman–Crippen MR) is 74.9 cm³/mol. The van der Waals surface area contributed by atoms with E-state index in [1.165, 1.54) is 4.31 Å². The van der Waals surface area contributed by atoms with E-state index in [0.717, 1.165) is 0 Å². The van der Waals surface area contributed by atoms with Crippen LogP contribution in [0.5, 0.6) is 0 Å². The van der Waals surface area contributed by atoms with Gasteiger partial charge in [0.05, 0.1) is 10.8 Å². The molecule has 0 spiro atoms. The van der Waals surface area contributed by atoms with Crippen molar-refractivity contribution >= 4 is 31.9 Å². The van der Waals surface area contributed by atoms with Crippen molar-refractivity contribution in [2.24, 2.45) is 11.7 Å². The summed E-state index contributed by atoms with van der Waals surface area (Å²) in [5.74, 6) is -0.828. The number of halogens is 1. The van der Waals surface area contributed by atoms with Gasteiger partial charge < -0.3 is 5.73 Å². The maximum absolute atomic E-state index is 12.5. The Morgan fingerprint density at radius 3 is 2.74 bits per heavy atom. The SMILES string of the molecule is Cc1ccc(Br)cc1S(=O)(=O)N1CCC(C(N)=O)C1. The van der Waals surface area contributed by atoms with Crippen LogP contribution < -0.4 is 5.73 Å². The van der Waals surface area contributed by atoms with Crippen molar-refractivity contribution in [2.45, 2.75) is 18.2 Å². The minimum atomic E-state index is -3.56. The lowest BCUT2D eigenvalue weighted by molar-refractivity contribution is -0.121. The van der Waals surface area contributed by atoms with Gasteiger partial charge in [0.25, 0.3) is 0 Å². The van der Waals surface area contributed by atoms with Gasteiger partial charge in [0, 0.05) is 17.6 Å². The number of hydrogen-bond acceptors (Lipinski definition) is 3. The molecule has 1 amide bonds. The second-order valence-corrected chi connectivity index (χ2v) is 7.48. The van der Waals surface area contributed by atoms with Crippen molar-refractivity contribution in [1.29, 1.82) is 0 Å². The number of primary amides is 1. The summed E-state index contributed by atoms with van der Waals surface area (Å²) in [6, 6.07) is 5.13. The third-order valence-electron chi connectivity index (χ3n) is 3.32. The topological polar surface area (TPSA) is 80.5 Å². The summed E-state index contributed by atoms with van der Waals surface area (Å²) in [5.41, 5.74) is 5.91. The summed E-state index contributed by atoms with van der Waals surface area (Å²) in [7, 11) is -3.56. The van der Waals surface area contributed by atoms with Gasteiger partial charge in [-0.05, 0) is 31.0 Å². The molecule has 104 valence electrons. The number of aryl methyl sites for hydroxylation is 1. The highest BCUT2D eigenvalue weighted by Gasteiger charge is 2.35. The molecule has 2 N–H and O–H groups in total. The van der Waals surface area contributed by atoms with Gasteiger partial charge in [0.2, 0.25) is 15.9 Å². The summed E-state index contributed by atoms with van der Waals surface area (Å²) in [4.78, 5) is 11.4. The molecule has 0 aromatic heterocycles. The number of benzene rings is 1. The molecule has 1 fully saturated rings. The summed E-state index contributed by atoms with van der Waals surface area (Å²) in [6.45, 7) is 2.26. The van der Waals surface area contributed by atoms with Crippen molar-refractivity contribution in [3.8, 4) is 0 Å². The van der Waals surface area contributed by atoms with Crippen molar-refractivity contribution in [1.82, 2.24) is 4.31 Å². The molecule has 0 radical (unpaired) electrons. The van der Waals surface area contributed by atoms with E-state index >= 15 is 0 Å². The molecule has 0 bridgehead atoms. The fourth-order valence-corrected chi connectivity index (χ4v) is 4.43. The molecule has 2 rings (SSSR count). The van der Waals surface area contributed by atoms with Crippen LogP contribution in [-0.4, -0.2) is 31.7 Å².